The fourth-order valence-corrected chi connectivity index (χ4v) is 0.471. The van der Waals surface area contributed by atoms with Crippen LogP contribution < -0.4 is 10.2 Å². The number of allylic oxidation sites excluding steroid dienone is 2. The third-order valence-electron chi connectivity index (χ3n) is 0.813. The van der Waals surface area contributed by atoms with Gasteiger partial charge >= 0.3 is 17.1 Å². The fourth-order valence-electron chi connectivity index (χ4n) is 0.471. The largest absolute Gasteiger partial charge is 2.00 e. The normalized spacial score (nSPS) is 7.20. The zero-order chi connectivity index (χ0) is 11.7. The molecule has 5 heteroatoms. The van der Waals surface area contributed by atoms with Crippen LogP contribution in [0.5, 0.6) is 0 Å². The SMILES string of the molecule is CC(C)=CC(=O)[O-].CC(C)=CC(=O)[O-].[Cu+2]. The molecule has 0 saturated carbocycles. The van der Waals surface area contributed by atoms with Gasteiger partial charge in [0.15, 0.2) is 0 Å². The van der Waals surface area contributed by atoms with Crippen molar-refractivity contribution >= 4 is 11.9 Å². The van der Waals surface area contributed by atoms with Crippen molar-refractivity contribution in [3.8, 4) is 0 Å². The Morgan fingerprint density at radius 1 is 0.800 bits per heavy atom. The molecular formula is C10H14CuO4. The number of hydrogen-bond donors (Lipinski definition) is 0. The minimum atomic E-state index is -1.12. The molecule has 89 valence electrons. The molecule has 0 heterocycles. The van der Waals surface area contributed by atoms with Crippen LogP contribution in [0.25, 0.3) is 0 Å². The Bertz CT molecular complexity index is 231. The van der Waals surface area contributed by atoms with Crippen LogP contribution in [-0.2, 0) is 26.7 Å². The number of rotatable bonds is 2. The second kappa shape index (κ2) is 11.0. The van der Waals surface area contributed by atoms with E-state index in [0.29, 0.717) is 0 Å². The average Bonchev–Trinajstić information content (AvgIpc) is 1.79. The minimum Gasteiger partial charge on any atom is -0.545 e. The first-order valence-electron chi connectivity index (χ1n) is 3.97. The molecule has 0 amide bonds. The predicted molar refractivity (Wildman–Crippen MR) is 48.9 cm³/mol. The second-order valence-corrected chi connectivity index (χ2v) is 3.08. The van der Waals surface area contributed by atoms with Gasteiger partial charge in [-0.3, -0.25) is 0 Å². The minimum absolute atomic E-state index is 0. The van der Waals surface area contributed by atoms with Crippen molar-refractivity contribution in [1.29, 1.82) is 0 Å². The summed E-state index contributed by atoms with van der Waals surface area (Å²) in [5, 5.41) is 19.2. The monoisotopic (exact) mass is 261 g/mol. The molecular weight excluding hydrogens is 248 g/mol. The quantitative estimate of drug-likeness (QED) is 0.491. The van der Waals surface area contributed by atoms with Crippen LogP contribution in [0, 0.1) is 0 Å². The summed E-state index contributed by atoms with van der Waals surface area (Å²) < 4.78 is 0. The first-order chi connectivity index (χ1) is 6.25. The Morgan fingerprint density at radius 3 is 1.00 bits per heavy atom. The van der Waals surface area contributed by atoms with Crippen LogP contribution in [0.1, 0.15) is 27.7 Å². The molecule has 1 radical (unpaired) electrons. The van der Waals surface area contributed by atoms with Gasteiger partial charge < -0.3 is 19.8 Å². The molecule has 0 aromatic rings. The number of hydrogen-bond acceptors (Lipinski definition) is 4. The van der Waals surface area contributed by atoms with Gasteiger partial charge in [0.05, 0.1) is 11.9 Å². The molecule has 0 aromatic heterocycles. The summed E-state index contributed by atoms with van der Waals surface area (Å²) in [4.78, 5) is 19.2. The van der Waals surface area contributed by atoms with Crippen LogP contribution in [0.3, 0.4) is 0 Å². The molecule has 15 heavy (non-hydrogen) atoms. The van der Waals surface area contributed by atoms with E-state index in [0.717, 1.165) is 23.3 Å². The number of carboxylic acids is 2. The van der Waals surface area contributed by atoms with Crippen LogP contribution in [0.2, 0.25) is 0 Å². The van der Waals surface area contributed by atoms with Gasteiger partial charge in [-0.15, -0.1) is 0 Å². The van der Waals surface area contributed by atoms with Crippen molar-refractivity contribution in [2.75, 3.05) is 0 Å². The summed E-state index contributed by atoms with van der Waals surface area (Å²) >= 11 is 0. The molecule has 0 aliphatic rings. The Kier molecular flexibility index (Phi) is 14.3. The second-order valence-electron chi connectivity index (χ2n) is 3.08. The molecule has 0 bridgehead atoms. The molecule has 0 aromatic carbocycles. The summed E-state index contributed by atoms with van der Waals surface area (Å²) in [5.74, 6) is -2.25. The Morgan fingerprint density at radius 2 is 1.00 bits per heavy atom. The van der Waals surface area contributed by atoms with Gasteiger partial charge in [0.2, 0.25) is 0 Å². The molecule has 0 aliphatic heterocycles. The molecule has 0 unspecified atom stereocenters. The van der Waals surface area contributed by atoms with Gasteiger partial charge in [-0.1, -0.05) is 11.1 Å². The van der Waals surface area contributed by atoms with Gasteiger partial charge in [-0.2, -0.15) is 0 Å². The standard InChI is InChI=1S/2C5H8O2.Cu/c2*1-4(2)3-5(6)7;/h2*3H,1-2H3,(H,6,7);/q;;+2/p-2. The molecule has 0 spiro atoms. The van der Waals surface area contributed by atoms with E-state index in [4.69, 9.17) is 0 Å². The molecule has 0 aliphatic carbocycles. The van der Waals surface area contributed by atoms with E-state index in [-0.39, 0.29) is 17.1 Å². The zero-order valence-electron chi connectivity index (χ0n) is 9.09. The van der Waals surface area contributed by atoms with Crippen LogP contribution in [0.4, 0.5) is 0 Å². The Hall–Kier alpha value is -1.06. The van der Waals surface area contributed by atoms with E-state index in [2.05, 4.69) is 0 Å². The van der Waals surface area contributed by atoms with E-state index in [1.54, 1.807) is 27.7 Å². The van der Waals surface area contributed by atoms with Crippen molar-refractivity contribution in [3.05, 3.63) is 23.3 Å². The van der Waals surface area contributed by atoms with E-state index in [1.807, 2.05) is 0 Å². The molecule has 0 fully saturated rings. The molecule has 0 N–H and O–H groups in total. The Balaban J connectivity index is -0.000000180. The maximum absolute atomic E-state index is 9.62. The maximum Gasteiger partial charge on any atom is 2.00 e. The van der Waals surface area contributed by atoms with Gasteiger partial charge in [0.1, 0.15) is 0 Å². The third kappa shape index (κ3) is 32.2. The first kappa shape index (κ1) is 19.5. The molecule has 4 nitrogen and oxygen atoms in total. The smallest absolute Gasteiger partial charge is 0.545 e. The van der Waals surface area contributed by atoms with Crippen molar-refractivity contribution in [3.63, 3.8) is 0 Å². The summed E-state index contributed by atoms with van der Waals surface area (Å²) in [7, 11) is 0. The van der Waals surface area contributed by atoms with Gasteiger partial charge in [0.25, 0.3) is 0 Å². The van der Waals surface area contributed by atoms with Crippen molar-refractivity contribution < 1.29 is 36.9 Å². The summed E-state index contributed by atoms with van der Waals surface area (Å²) in [6.45, 7) is 6.82. The number of carbonyl (C=O) groups is 2. The summed E-state index contributed by atoms with van der Waals surface area (Å²) in [6, 6.07) is 0. The topological polar surface area (TPSA) is 80.3 Å². The van der Waals surface area contributed by atoms with E-state index >= 15 is 0 Å². The number of carboxylic acid groups (broad SMARTS) is 2. The van der Waals surface area contributed by atoms with Gasteiger partial charge in [0, 0.05) is 0 Å². The number of carbonyl (C=O) groups excluding carboxylic acids is 2. The van der Waals surface area contributed by atoms with Gasteiger partial charge in [-0.25, -0.2) is 0 Å². The molecule has 0 atom stereocenters. The Labute approximate surface area is 100 Å². The van der Waals surface area contributed by atoms with Crippen LogP contribution in [0.15, 0.2) is 23.3 Å². The fraction of sp³-hybridized carbons (Fsp3) is 0.400. The van der Waals surface area contributed by atoms with Crippen molar-refractivity contribution in [2.45, 2.75) is 27.7 Å². The van der Waals surface area contributed by atoms with E-state index in [9.17, 15) is 19.8 Å². The predicted octanol–water partition coefficient (Wildman–Crippen LogP) is -0.598. The number of aliphatic carboxylic acids is 2. The first-order valence-corrected chi connectivity index (χ1v) is 3.97. The summed E-state index contributed by atoms with van der Waals surface area (Å²) in [6.07, 6.45) is 2.11. The van der Waals surface area contributed by atoms with Gasteiger partial charge in [-0.05, 0) is 39.8 Å². The molecule has 0 rings (SSSR count). The summed E-state index contributed by atoms with van der Waals surface area (Å²) in [5.41, 5.74) is 1.50. The van der Waals surface area contributed by atoms with Crippen LogP contribution in [-0.4, -0.2) is 11.9 Å². The third-order valence-corrected chi connectivity index (χ3v) is 0.813. The van der Waals surface area contributed by atoms with Crippen LogP contribution >= 0.6 is 0 Å². The molecule has 0 saturated heterocycles. The average molecular weight is 262 g/mol. The van der Waals surface area contributed by atoms with E-state index in [1.165, 1.54) is 0 Å². The van der Waals surface area contributed by atoms with Crippen molar-refractivity contribution in [1.82, 2.24) is 0 Å². The zero-order valence-corrected chi connectivity index (χ0v) is 10.0. The maximum atomic E-state index is 9.62. The van der Waals surface area contributed by atoms with Crippen molar-refractivity contribution in [2.24, 2.45) is 0 Å². The van der Waals surface area contributed by atoms with E-state index < -0.39 is 11.9 Å².